The molecule has 2 aromatic carbocycles. The lowest BCUT2D eigenvalue weighted by Gasteiger charge is -2.41. The minimum atomic E-state index is -4.48. The maximum absolute atomic E-state index is 14.4. The van der Waals surface area contributed by atoms with Gasteiger partial charge in [-0.3, -0.25) is 9.69 Å². The molecule has 0 aliphatic carbocycles. The number of aryl methyl sites for hydroxylation is 1. The van der Waals surface area contributed by atoms with Gasteiger partial charge >= 0.3 is 6.18 Å². The van der Waals surface area contributed by atoms with Gasteiger partial charge in [0.15, 0.2) is 5.96 Å². The Labute approximate surface area is 185 Å². The molecule has 3 rings (SSSR count). The summed E-state index contributed by atoms with van der Waals surface area (Å²) in [5, 5.41) is 0. The van der Waals surface area contributed by atoms with Crippen LogP contribution in [-0.4, -0.2) is 23.8 Å². The molecule has 0 saturated heterocycles. The molecule has 1 aliphatic heterocycles. The van der Waals surface area contributed by atoms with E-state index in [0.29, 0.717) is 23.1 Å². The number of likely N-dealkylation sites (N-methyl/N-ethyl adjacent to an activating group) is 1. The second kappa shape index (κ2) is 8.92. The molecule has 1 heterocycles. The van der Waals surface area contributed by atoms with E-state index in [1.807, 2.05) is 0 Å². The molecule has 2 N–H and O–H groups in total. The summed E-state index contributed by atoms with van der Waals surface area (Å²) in [4.78, 5) is 19.0. The number of nitrogens with two attached hydrogens (primary N) is 1. The Balaban J connectivity index is 2.10. The van der Waals surface area contributed by atoms with Gasteiger partial charge in [0.25, 0.3) is 0 Å². The number of benzene rings is 2. The van der Waals surface area contributed by atoms with Crippen LogP contribution in [0.15, 0.2) is 47.5 Å². The molecule has 2 atom stereocenters. The number of halogens is 4. The van der Waals surface area contributed by atoms with Crippen molar-refractivity contribution in [3.05, 3.63) is 70.5 Å². The fraction of sp³-hybridized carbons (Fsp3) is 0.417. The zero-order chi connectivity index (χ0) is 23.7. The third kappa shape index (κ3) is 4.49. The summed E-state index contributed by atoms with van der Waals surface area (Å²) in [6, 6.07) is 9.08. The Morgan fingerprint density at radius 3 is 2.38 bits per heavy atom. The second-order valence-electron chi connectivity index (χ2n) is 8.33. The third-order valence-corrected chi connectivity index (χ3v) is 6.08. The van der Waals surface area contributed by atoms with Gasteiger partial charge in [-0.2, -0.15) is 13.2 Å². The fourth-order valence-electron chi connectivity index (χ4n) is 4.13. The van der Waals surface area contributed by atoms with Crippen LogP contribution in [0.3, 0.4) is 0 Å². The highest BCUT2D eigenvalue weighted by atomic mass is 19.4. The average Bonchev–Trinajstić information content (AvgIpc) is 2.73. The van der Waals surface area contributed by atoms with Crippen LogP contribution >= 0.6 is 0 Å². The summed E-state index contributed by atoms with van der Waals surface area (Å²) >= 11 is 0. The number of alkyl halides is 3. The smallest absolute Gasteiger partial charge is 0.369 e. The molecule has 0 radical (unpaired) electrons. The molecule has 0 aromatic heterocycles. The molecule has 0 fully saturated rings. The Morgan fingerprint density at radius 1 is 1.12 bits per heavy atom. The fourth-order valence-corrected chi connectivity index (χ4v) is 4.13. The average molecular weight is 449 g/mol. The monoisotopic (exact) mass is 449 g/mol. The minimum Gasteiger partial charge on any atom is -0.369 e. The maximum atomic E-state index is 14.4. The van der Waals surface area contributed by atoms with E-state index in [9.17, 15) is 22.4 Å². The number of carbonyl (C=O) groups excluding carboxylic acids is 1. The quantitative estimate of drug-likeness (QED) is 0.477. The molecule has 4 nitrogen and oxygen atoms in total. The Hall–Kier alpha value is -2.90. The summed E-state index contributed by atoms with van der Waals surface area (Å²) in [7, 11) is 1.47. The highest BCUT2D eigenvalue weighted by Crippen LogP contribution is 2.44. The molecule has 0 saturated carbocycles. The lowest BCUT2D eigenvalue weighted by Crippen LogP contribution is -2.52. The highest BCUT2D eigenvalue weighted by Gasteiger charge is 2.47. The van der Waals surface area contributed by atoms with E-state index in [1.54, 1.807) is 19.1 Å². The molecule has 32 heavy (non-hydrogen) atoms. The van der Waals surface area contributed by atoms with Gasteiger partial charge in [0.2, 0.25) is 5.91 Å². The molecule has 2 aromatic rings. The lowest BCUT2D eigenvalue weighted by molar-refractivity contribution is -0.137. The van der Waals surface area contributed by atoms with Crippen LogP contribution in [0.4, 0.5) is 17.6 Å². The van der Waals surface area contributed by atoms with Crippen molar-refractivity contribution in [2.45, 2.75) is 57.2 Å². The molecular formula is C24H27F4N3O. The summed E-state index contributed by atoms with van der Waals surface area (Å²) in [6.07, 6.45) is -1.16. The first kappa shape index (κ1) is 23.8. The van der Waals surface area contributed by atoms with Crippen molar-refractivity contribution in [3.63, 3.8) is 0 Å². The van der Waals surface area contributed by atoms with Crippen LogP contribution in [0.25, 0.3) is 0 Å². The number of hydrogen-bond donors (Lipinski definition) is 1. The Kier molecular flexibility index (Phi) is 6.62. The van der Waals surface area contributed by atoms with Crippen molar-refractivity contribution in [3.8, 4) is 0 Å². The Morgan fingerprint density at radius 2 is 1.78 bits per heavy atom. The van der Waals surface area contributed by atoms with Crippen molar-refractivity contribution in [1.82, 2.24) is 4.90 Å². The number of nitrogens with zero attached hydrogens (tertiary/aromatic N) is 2. The Bertz CT molecular complexity index is 1020. The molecule has 1 aliphatic rings. The predicted octanol–water partition coefficient (Wildman–Crippen LogP) is 5.36. The minimum absolute atomic E-state index is 0.00230. The van der Waals surface area contributed by atoms with Crippen molar-refractivity contribution >= 4 is 11.9 Å². The van der Waals surface area contributed by atoms with E-state index in [2.05, 4.69) is 11.9 Å². The predicted molar refractivity (Wildman–Crippen MR) is 116 cm³/mol. The molecular weight excluding hydrogens is 422 g/mol. The molecule has 1 amide bonds. The van der Waals surface area contributed by atoms with E-state index >= 15 is 0 Å². The van der Waals surface area contributed by atoms with E-state index in [1.165, 1.54) is 30.1 Å². The van der Waals surface area contributed by atoms with Crippen molar-refractivity contribution < 1.29 is 22.4 Å². The van der Waals surface area contributed by atoms with E-state index in [-0.39, 0.29) is 11.8 Å². The van der Waals surface area contributed by atoms with Crippen LogP contribution in [-0.2, 0) is 22.9 Å². The van der Waals surface area contributed by atoms with Crippen LogP contribution in [0.5, 0.6) is 0 Å². The van der Waals surface area contributed by atoms with E-state index in [4.69, 9.17) is 5.73 Å². The molecule has 0 spiro atoms. The standard InChI is InChI=1S/C24H27F4N3O/c1-4-5-6-7-16-14-18(12-13-19(16)25)23(2)20(21(32)31(3)22(29)30-23)15-8-10-17(11-9-15)24(26,27)28/h8-14,20H,4-7H2,1-3H3,(H2,29,30)/t20-,23+/m1/s1. The SMILES string of the molecule is CCCCCc1cc([C@]2(C)N=C(N)N(C)C(=O)[C@H]2c2ccc(C(F)(F)F)cc2)ccc1F. The number of carbonyl (C=O) groups is 1. The van der Waals surface area contributed by atoms with Gasteiger partial charge in [0, 0.05) is 7.05 Å². The molecule has 8 heteroatoms. The van der Waals surface area contributed by atoms with Gasteiger partial charge in [-0.1, -0.05) is 44.0 Å². The van der Waals surface area contributed by atoms with Gasteiger partial charge < -0.3 is 5.73 Å². The van der Waals surface area contributed by atoms with Gasteiger partial charge in [0.1, 0.15) is 11.4 Å². The van der Waals surface area contributed by atoms with Gasteiger partial charge in [-0.05, 0) is 54.7 Å². The van der Waals surface area contributed by atoms with Crippen molar-refractivity contribution in [1.29, 1.82) is 0 Å². The summed E-state index contributed by atoms with van der Waals surface area (Å²) < 4.78 is 53.5. The van der Waals surface area contributed by atoms with Gasteiger partial charge in [-0.25, -0.2) is 9.38 Å². The van der Waals surface area contributed by atoms with Crippen LogP contribution in [0.1, 0.15) is 61.3 Å². The largest absolute Gasteiger partial charge is 0.416 e. The van der Waals surface area contributed by atoms with Crippen molar-refractivity contribution in [2.75, 3.05) is 7.05 Å². The number of amides is 1. The summed E-state index contributed by atoms with van der Waals surface area (Å²) in [6.45, 7) is 3.76. The topological polar surface area (TPSA) is 58.7 Å². The number of aliphatic imine (C=N–C) groups is 1. The first-order chi connectivity index (χ1) is 15.0. The highest BCUT2D eigenvalue weighted by molar-refractivity contribution is 6.02. The summed E-state index contributed by atoms with van der Waals surface area (Å²) in [5.74, 6) is -1.65. The van der Waals surface area contributed by atoms with E-state index < -0.39 is 29.1 Å². The maximum Gasteiger partial charge on any atom is 0.416 e. The third-order valence-electron chi connectivity index (χ3n) is 6.08. The first-order valence-electron chi connectivity index (χ1n) is 10.6. The van der Waals surface area contributed by atoms with Crippen LogP contribution in [0.2, 0.25) is 0 Å². The van der Waals surface area contributed by atoms with Crippen LogP contribution in [0, 0.1) is 5.82 Å². The normalized spacial score (nSPS) is 21.6. The molecule has 0 unspecified atom stereocenters. The number of unbranched alkanes of at least 4 members (excludes halogenated alkanes) is 2. The molecule has 172 valence electrons. The zero-order valence-corrected chi connectivity index (χ0v) is 18.3. The second-order valence-corrected chi connectivity index (χ2v) is 8.33. The first-order valence-corrected chi connectivity index (χ1v) is 10.6. The zero-order valence-electron chi connectivity index (χ0n) is 18.3. The van der Waals surface area contributed by atoms with Crippen LogP contribution < -0.4 is 5.73 Å². The number of rotatable bonds is 6. The van der Waals surface area contributed by atoms with Crippen molar-refractivity contribution in [2.24, 2.45) is 10.7 Å². The number of guanidine groups is 1. The summed E-state index contributed by atoms with van der Waals surface area (Å²) in [5.41, 5.74) is 5.47. The van der Waals surface area contributed by atoms with E-state index in [0.717, 1.165) is 31.4 Å². The van der Waals surface area contributed by atoms with Gasteiger partial charge in [0.05, 0.1) is 11.5 Å². The molecule has 0 bridgehead atoms. The number of hydrogen-bond acceptors (Lipinski definition) is 3. The lowest BCUT2D eigenvalue weighted by atomic mass is 9.74. The van der Waals surface area contributed by atoms with Gasteiger partial charge in [-0.15, -0.1) is 0 Å².